The van der Waals surface area contributed by atoms with Crippen LogP contribution in [0.2, 0.25) is 0 Å². The van der Waals surface area contributed by atoms with E-state index in [1.165, 1.54) is 0 Å². The largest absolute Gasteiger partial charge is 0.374 e. The highest BCUT2D eigenvalue weighted by molar-refractivity contribution is 9.10. The second-order valence-electron chi connectivity index (χ2n) is 3.85. The summed E-state index contributed by atoms with van der Waals surface area (Å²) in [4.78, 5) is 7.34. The highest BCUT2D eigenvalue weighted by Crippen LogP contribution is 2.27. The second kappa shape index (κ2) is 5.69. The molecule has 0 fully saturated rings. The zero-order chi connectivity index (χ0) is 13.0. The number of aromatic amines is 1. The summed E-state index contributed by atoms with van der Waals surface area (Å²) in [5, 5.41) is 12.5. The summed E-state index contributed by atoms with van der Waals surface area (Å²) in [6.07, 6.45) is 4.41. The van der Waals surface area contributed by atoms with Crippen molar-refractivity contribution in [3.05, 3.63) is 46.5 Å². The Morgan fingerprint density at radius 3 is 3.00 bits per heavy atom. The second-order valence-corrected chi connectivity index (χ2v) is 4.71. The van der Waals surface area contributed by atoms with Gasteiger partial charge in [-0.25, -0.2) is 4.98 Å². The van der Waals surface area contributed by atoms with Gasteiger partial charge in [0.05, 0.1) is 17.3 Å². The van der Waals surface area contributed by atoms with Gasteiger partial charge in [-0.3, -0.25) is 0 Å². The van der Waals surface area contributed by atoms with Crippen molar-refractivity contribution in [2.24, 2.45) is 0 Å². The van der Waals surface area contributed by atoms with E-state index in [9.17, 15) is 5.26 Å². The maximum atomic E-state index is 9.17. The number of rotatable bonds is 4. The van der Waals surface area contributed by atoms with Crippen LogP contribution in [0.15, 0.2) is 35.1 Å². The zero-order valence-corrected chi connectivity index (χ0v) is 11.5. The van der Waals surface area contributed by atoms with Crippen molar-refractivity contribution < 1.29 is 0 Å². The van der Waals surface area contributed by atoms with Crippen molar-refractivity contribution in [2.75, 3.05) is 5.32 Å². The van der Waals surface area contributed by atoms with Crippen LogP contribution in [-0.2, 0) is 0 Å². The van der Waals surface area contributed by atoms with Crippen molar-refractivity contribution in [3.8, 4) is 6.07 Å². The molecule has 0 spiro atoms. The molecule has 0 radical (unpaired) electrons. The van der Waals surface area contributed by atoms with Gasteiger partial charge in [0.2, 0.25) is 0 Å². The van der Waals surface area contributed by atoms with E-state index in [0.29, 0.717) is 5.56 Å². The molecule has 5 heteroatoms. The third-order valence-electron chi connectivity index (χ3n) is 2.71. The van der Waals surface area contributed by atoms with Crippen LogP contribution in [0.25, 0.3) is 0 Å². The lowest BCUT2D eigenvalue weighted by atomic mass is 10.1. The molecule has 0 aliphatic heterocycles. The number of aromatic nitrogens is 2. The highest BCUT2D eigenvalue weighted by atomic mass is 79.9. The third kappa shape index (κ3) is 2.54. The number of imidazole rings is 1. The molecule has 0 aliphatic carbocycles. The maximum absolute atomic E-state index is 9.17. The summed E-state index contributed by atoms with van der Waals surface area (Å²) in [5.41, 5.74) is 1.43. The van der Waals surface area contributed by atoms with Crippen molar-refractivity contribution in [1.29, 1.82) is 5.26 Å². The quantitative estimate of drug-likeness (QED) is 0.907. The fraction of sp³-hybridized carbons (Fsp3) is 0.231. The summed E-state index contributed by atoms with van der Waals surface area (Å²) in [6.45, 7) is 2.07. The van der Waals surface area contributed by atoms with Gasteiger partial charge in [-0.2, -0.15) is 5.26 Å². The van der Waals surface area contributed by atoms with Crippen LogP contribution in [0.4, 0.5) is 5.69 Å². The summed E-state index contributed by atoms with van der Waals surface area (Å²) in [5.74, 6) is 0.876. The first-order chi connectivity index (χ1) is 8.76. The Kier molecular flexibility index (Phi) is 4.00. The normalized spacial score (nSPS) is 11.8. The minimum atomic E-state index is 0.0707. The van der Waals surface area contributed by atoms with Gasteiger partial charge < -0.3 is 10.3 Å². The van der Waals surface area contributed by atoms with E-state index in [4.69, 9.17) is 0 Å². The Bertz CT molecular complexity index is 557. The molecule has 0 bridgehead atoms. The van der Waals surface area contributed by atoms with Crippen LogP contribution in [-0.4, -0.2) is 9.97 Å². The smallest absolute Gasteiger partial charge is 0.128 e. The van der Waals surface area contributed by atoms with Gasteiger partial charge in [0.15, 0.2) is 0 Å². The number of nitrogens with zero attached hydrogens (tertiary/aromatic N) is 2. The predicted octanol–water partition coefficient (Wildman–Crippen LogP) is 3.61. The first-order valence-corrected chi connectivity index (χ1v) is 6.50. The number of nitriles is 1. The molecule has 0 saturated heterocycles. The van der Waals surface area contributed by atoms with Gasteiger partial charge in [0.1, 0.15) is 11.9 Å². The first-order valence-electron chi connectivity index (χ1n) is 5.70. The molecule has 1 aromatic heterocycles. The Labute approximate surface area is 114 Å². The van der Waals surface area contributed by atoms with Crippen LogP contribution < -0.4 is 5.32 Å². The Morgan fingerprint density at radius 2 is 2.39 bits per heavy atom. The number of halogens is 1. The van der Waals surface area contributed by atoms with E-state index in [2.05, 4.69) is 44.2 Å². The van der Waals surface area contributed by atoms with Crippen molar-refractivity contribution >= 4 is 21.6 Å². The average molecular weight is 305 g/mol. The van der Waals surface area contributed by atoms with Crippen molar-refractivity contribution in [1.82, 2.24) is 9.97 Å². The molecule has 4 nitrogen and oxygen atoms in total. The summed E-state index contributed by atoms with van der Waals surface area (Å²) in [7, 11) is 0. The topological polar surface area (TPSA) is 64.5 Å². The molecule has 2 N–H and O–H groups in total. The van der Waals surface area contributed by atoms with Gasteiger partial charge in [-0.1, -0.05) is 13.0 Å². The van der Waals surface area contributed by atoms with Gasteiger partial charge in [-0.15, -0.1) is 0 Å². The van der Waals surface area contributed by atoms with Crippen LogP contribution in [0.1, 0.15) is 30.8 Å². The van der Waals surface area contributed by atoms with E-state index in [1.807, 2.05) is 18.2 Å². The number of hydrogen-bond acceptors (Lipinski definition) is 3. The molecular weight excluding hydrogens is 292 g/mol. The number of nitrogens with one attached hydrogen (secondary N) is 2. The predicted molar refractivity (Wildman–Crippen MR) is 74.1 cm³/mol. The lowest BCUT2D eigenvalue weighted by molar-refractivity contribution is 0.704. The van der Waals surface area contributed by atoms with Crippen molar-refractivity contribution in [3.63, 3.8) is 0 Å². The zero-order valence-electron chi connectivity index (χ0n) is 9.94. The Balaban J connectivity index is 2.29. The van der Waals surface area contributed by atoms with E-state index in [0.717, 1.165) is 22.4 Å². The molecule has 1 unspecified atom stereocenters. The van der Waals surface area contributed by atoms with Gasteiger partial charge in [-0.05, 0) is 34.5 Å². The average Bonchev–Trinajstić information content (AvgIpc) is 2.89. The SMILES string of the molecule is CCC(Nc1cccc(Br)c1C#N)c1ncc[nH]1. The van der Waals surface area contributed by atoms with Crippen LogP contribution in [0.5, 0.6) is 0 Å². The van der Waals surface area contributed by atoms with Crippen molar-refractivity contribution in [2.45, 2.75) is 19.4 Å². The van der Waals surface area contributed by atoms with Gasteiger partial charge in [0, 0.05) is 16.9 Å². The van der Waals surface area contributed by atoms with E-state index in [-0.39, 0.29) is 6.04 Å². The molecule has 1 heterocycles. The molecule has 0 saturated carbocycles. The Morgan fingerprint density at radius 1 is 1.56 bits per heavy atom. The maximum Gasteiger partial charge on any atom is 0.128 e. The number of anilines is 1. The van der Waals surface area contributed by atoms with Gasteiger partial charge >= 0.3 is 0 Å². The standard InChI is InChI=1S/C13H13BrN4/c1-2-11(13-16-6-7-17-13)18-12-5-3-4-10(14)9(12)8-15/h3-7,11,18H,2H2,1H3,(H,16,17). The third-order valence-corrected chi connectivity index (χ3v) is 3.37. The molecule has 0 aliphatic rings. The Hall–Kier alpha value is -1.80. The highest BCUT2D eigenvalue weighted by Gasteiger charge is 2.14. The monoisotopic (exact) mass is 304 g/mol. The first kappa shape index (κ1) is 12.7. The number of hydrogen-bond donors (Lipinski definition) is 2. The van der Waals surface area contributed by atoms with E-state index in [1.54, 1.807) is 12.4 Å². The van der Waals surface area contributed by atoms with Gasteiger partial charge in [0.25, 0.3) is 0 Å². The van der Waals surface area contributed by atoms with Crippen LogP contribution >= 0.6 is 15.9 Å². The molecule has 1 aromatic carbocycles. The summed E-state index contributed by atoms with van der Waals surface area (Å²) < 4.78 is 0.796. The van der Waals surface area contributed by atoms with Crippen LogP contribution in [0.3, 0.4) is 0 Å². The summed E-state index contributed by atoms with van der Waals surface area (Å²) >= 11 is 3.38. The molecule has 92 valence electrons. The molecule has 2 aromatic rings. The number of benzene rings is 1. The summed E-state index contributed by atoms with van der Waals surface area (Å²) in [6, 6.07) is 7.93. The minimum Gasteiger partial charge on any atom is -0.374 e. The molecule has 1 atom stereocenters. The van der Waals surface area contributed by atoms with Crippen LogP contribution in [0, 0.1) is 11.3 Å². The fourth-order valence-electron chi connectivity index (χ4n) is 1.78. The molecule has 2 rings (SSSR count). The minimum absolute atomic E-state index is 0.0707. The molecule has 18 heavy (non-hydrogen) atoms. The lowest BCUT2D eigenvalue weighted by Crippen LogP contribution is -2.12. The lowest BCUT2D eigenvalue weighted by Gasteiger charge is -2.17. The number of H-pyrrole nitrogens is 1. The molecule has 0 amide bonds. The fourth-order valence-corrected chi connectivity index (χ4v) is 2.23. The van der Waals surface area contributed by atoms with E-state index < -0.39 is 0 Å². The molecular formula is C13H13BrN4. The van der Waals surface area contributed by atoms with E-state index >= 15 is 0 Å².